The molecule has 0 aliphatic heterocycles. The van der Waals surface area contributed by atoms with Gasteiger partial charge in [-0.2, -0.15) is 13.2 Å². The summed E-state index contributed by atoms with van der Waals surface area (Å²) in [6, 6.07) is 5.91. The largest absolute Gasteiger partial charge is 0.508 e. The van der Waals surface area contributed by atoms with Crippen LogP contribution in [0.25, 0.3) is 0 Å². The fourth-order valence-corrected chi connectivity index (χ4v) is 1.55. The number of phenolic OH excluding ortho intramolecular Hbond substituents is 1. The van der Waals surface area contributed by atoms with Gasteiger partial charge in [0, 0.05) is 6.54 Å². The van der Waals surface area contributed by atoms with E-state index in [1.54, 1.807) is 6.07 Å². The van der Waals surface area contributed by atoms with Crippen LogP contribution in [0, 0.1) is 0 Å². The Morgan fingerprint density at radius 3 is 2.56 bits per heavy atom. The standard InChI is InChI=1S/C12H14F3NO2/c1-2-16(8-12(13,14)15)11(18)7-9-4-3-5-10(17)6-9/h3-6,17H,2,7-8H2,1H3. The molecule has 18 heavy (non-hydrogen) atoms. The van der Waals surface area contributed by atoms with E-state index in [1.807, 2.05) is 0 Å². The molecule has 0 radical (unpaired) electrons. The van der Waals surface area contributed by atoms with E-state index in [9.17, 15) is 23.1 Å². The molecule has 0 aliphatic carbocycles. The summed E-state index contributed by atoms with van der Waals surface area (Å²) < 4.78 is 36.7. The summed E-state index contributed by atoms with van der Waals surface area (Å²) in [5, 5.41) is 9.20. The lowest BCUT2D eigenvalue weighted by Gasteiger charge is -2.22. The molecule has 0 saturated heterocycles. The number of aromatic hydroxyl groups is 1. The van der Waals surface area contributed by atoms with Crippen LogP contribution in [0.3, 0.4) is 0 Å². The molecular weight excluding hydrogens is 247 g/mol. The zero-order chi connectivity index (χ0) is 13.8. The molecule has 0 fully saturated rings. The van der Waals surface area contributed by atoms with Gasteiger partial charge in [-0.25, -0.2) is 0 Å². The van der Waals surface area contributed by atoms with Gasteiger partial charge in [-0.3, -0.25) is 4.79 Å². The van der Waals surface area contributed by atoms with Gasteiger partial charge in [0.2, 0.25) is 5.91 Å². The van der Waals surface area contributed by atoms with E-state index in [0.29, 0.717) is 5.56 Å². The summed E-state index contributed by atoms with van der Waals surface area (Å²) in [5.74, 6) is -0.625. The average Bonchev–Trinajstić information content (AvgIpc) is 2.24. The van der Waals surface area contributed by atoms with E-state index in [-0.39, 0.29) is 18.7 Å². The predicted octanol–water partition coefficient (Wildman–Crippen LogP) is 2.35. The number of carbonyl (C=O) groups excluding carboxylic acids is 1. The van der Waals surface area contributed by atoms with Gasteiger partial charge >= 0.3 is 6.18 Å². The summed E-state index contributed by atoms with van der Waals surface area (Å²) >= 11 is 0. The van der Waals surface area contributed by atoms with Crippen molar-refractivity contribution in [1.82, 2.24) is 4.90 Å². The van der Waals surface area contributed by atoms with Gasteiger partial charge in [-0.15, -0.1) is 0 Å². The van der Waals surface area contributed by atoms with Gasteiger partial charge < -0.3 is 10.0 Å². The van der Waals surface area contributed by atoms with E-state index in [4.69, 9.17) is 0 Å². The smallest absolute Gasteiger partial charge is 0.406 e. The quantitative estimate of drug-likeness (QED) is 0.903. The number of phenols is 1. The SMILES string of the molecule is CCN(CC(F)(F)F)C(=O)Cc1cccc(O)c1. The van der Waals surface area contributed by atoms with Crippen LogP contribution < -0.4 is 0 Å². The molecule has 1 amide bonds. The number of benzene rings is 1. The Balaban J connectivity index is 2.68. The second-order valence-corrected chi connectivity index (χ2v) is 3.87. The number of carbonyl (C=O) groups is 1. The van der Waals surface area contributed by atoms with Crippen molar-refractivity contribution in [2.75, 3.05) is 13.1 Å². The Hall–Kier alpha value is -1.72. The highest BCUT2D eigenvalue weighted by molar-refractivity contribution is 5.78. The van der Waals surface area contributed by atoms with E-state index in [2.05, 4.69) is 0 Å². The molecule has 0 heterocycles. The zero-order valence-corrected chi connectivity index (χ0v) is 9.87. The highest BCUT2D eigenvalue weighted by atomic mass is 19.4. The molecule has 0 aromatic heterocycles. The van der Waals surface area contributed by atoms with Crippen LogP contribution in [0.2, 0.25) is 0 Å². The maximum Gasteiger partial charge on any atom is 0.406 e. The van der Waals surface area contributed by atoms with Crippen molar-refractivity contribution < 1.29 is 23.1 Å². The van der Waals surface area contributed by atoms with Crippen molar-refractivity contribution in [1.29, 1.82) is 0 Å². The number of halogens is 3. The third-order valence-electron chi connectivity index (χ3n) is 2.37. The lowest BCUT2D eigenvalue weighted by atomic mass is 10.1. The number of hydrogen-bond acceptors (Lipinski definition) is 2. The normalized spacial score (nSPS) is 11.3. The first-order valence-corrected chi connectivity index (χ1v) is 5.44. The summed E-state index contributed by atoms with van der Waals surface area (Å²) in [6.07, 6.45) is -4.55. The van der Waals surface area contributed by atoms with E-state index in [0.717, 1.165) is 4.90 Å². The molecule has 0 spiro atoms. The second kappa shape index (κ2) is 5.75. The molecule has 1 aromatic rings. The predicted molar refractivity (Wildman–Crippen MR) is 60.1 cm³/mol. The zero-order valence-electron chi connectivity index (χ0n) is 9.87. The topological polar surface area (TPSA) is 40.5 Å². The van der Waals surface area contributed by atoms with Gasteiger partial charge in [0.15, 0.2) is 0 Å². The molecule has 1 N–H and O–H groups in total. The average molecular weight is 261 g/mol. The lowest BCUT2D eigenvalue weighted by Crippen LogP contribution is -2.39. The van der Waals surface area contributed by atoms with Crippen molar-refractivity contribution in [3.63, 3.8) is 0 Å². The first-order chi connectivity index (χ1) is 8.31. The minimum absolute atomic E-state index is 0.00282. The Morgan fingerprint density at radius 2 is 2.06 bits per heavy atom. The molecule has 0 unspecified atom stereocenters. The number of rotatable bonds is 4. The molecule has 1 rings (SSSR count). The number of hydrogen-bond donors (Lipinski definition) is 1. The highest BCUT2D eigenvalue weighted by Gasteiger charge is 2.32. The Bertz CT molecular complexity index is 418. The second-order valence-electron chi connectivity index (χ2n) is 3.87. The summed E-state index contributed by atoms with van der Waals surface area (Å²) in [4.78, 5) is 12.4. The number of likely N-dealkylation sites (N-methyl/N-ethyl adjacent to an activating group) is 1. The molecule has 100 valence electrons. The Kier molecular flexibility index (Phi) is 4.58. The molecule has 0 saturated carbocycles. The first-order valence-electron chi connectivity index (χ1n) is 5.44. The minimum Gasteiger partial charge on any atom is -0.508 e. The summed E-state index contributed by atoms with van der Waals surface area (Å²) in [5.41, 5.74) is 0.487. The van der Waals surface area contributed by atoms with Crippen molar-refractivity contribution in [2.45, 2.75) is 19.5 Å². The molecule has 6 heteroatoms. The summed E-state index contributed by atoms with van der Waals surface area (Å²) in [7, 11) is 0. The van der Waals surface area contributed by atoms with Crippen molar-refractivity contribution in [3.05, 3.63) is 29.8 Å². The van der Waals surface area contributed by atoms with Gasteiger partial charge in [-0.05, 0) is 24.6 Å². The fraction of sp³-hybridized carbons (Fsp3) is 0.417. The number of amides is 1. The highest BCUT2D eigenvalue weighted by Crippen LogP contribution is 2.18. The maximum atomic E-state index is 12.2. The van der Waals surface area contributed by atoms with E-state index < -0.39 is 18.6 Å². The maximum absolute atomic E-state index is 12.2. The van der Waals surface area contributed by atoms with Crippen LogP contribution >= 0.6 is 0 Å². The van der Waals surface area contributed by atoms with Gasteiger partial charge in [0.1, 0.15) is 12.3 Å². The third-order valence-corrected chi connectivity index (χ3v) is 2.37. The fourth-order valence-electron chi connectivity index (χ4n) is 1.55. The Morgan fingerprint density at radius 1 is 1.39 bits per heavy atom. The molecule has 0 atom stereocenters. The van der Waals surface area contributed by atoms with Gasteiger partial charge in [0.25, 0.3) is 0 Å². The molecular formula is C12H14F3NO2. The molecule has 0 aliphatic rings. The minimum atomic E-state index is -4.40. The van der Waals surface area contributed by atoms with Crippen LogP contribution in [0.4, 0.5) is 13.2 Å². The molecule has 0 bridgehead atoms. The number of nitrogens with zero attached hydrogens (tertiary/aromatic N) is 1. The van der Waals surface area contributed by atoms with Crippen LogP contribution in [-0.2, 0) is 11.2 Å². The van der Waals surface area contributed by atoms with Crippen LogP contribution in [-0.4, -0.2) is 35.2 Å². The van der Waals surface area contributed by atoms with E-state index in [1.165, 1.54) is 25.1 Å². The van der Waals surface area contributed by atoms with E-state index >= 15 is 0 Å². The van der Waals surface area contributed by atoms with Crippen molar-refractivity contribution in [3.8, 4) is 5.75 Å². The summed E-state index contributed by atoms with van der Waals surface area (Å²) in [6.45, 7) is 0.240. The molecule has 3 nitrogen and oxygen atoms in total. The Labute approximate surface area is 103 Å². The third kappa shape index (κ3) is 4.65. The number of alkyl halides is 3. The monoisotopic (exact) mass is 261 g/mol. The first kappa shape index (κ1) is 14.3. The van der Waals surface area contributed by atoms with Gasteiger partial charge in [0.05, 0.1) is 6.42 Å². The van der Waals surface area contributed by atoms with Crippen molar-refractivity contribution >= 4 is 5.91 Å². The van der Waals surface area contributed by atoms with Crippen LogP contribution in [0.1, 0.15) is 12.5 Å². The van der Waals surface area contributed by atoms with Crippen LogP contribution in [0.15, 0.2) is 24.3 Å². The van der Waals surface area contributed by atoms with Gasteiger partial charge in [-0.1, -0.05) is 12.1 Å². The van der Waals surface area contributed by atoms with Crippen molar-refractivity contribution in [2.24, 2.45) is 0 Å². The lowest BCUT2D eigenvalue weighted by molar-refractivity contribution is -0.160. The molecule has 1 aromatic carbocycles. The van der Waals surface area contributed by atoms with Crippen LogP contribution in [0.5, 0.6) is 5.75 Å².